The van der Waals surface area contributed by atoms with Crippen molar-refractivity contribution in [3.63, 3.8) is 0 Å². The Kier molecular flexibility index (Phi) is 2.49. The van der Waals surface area contributed by atoms with Crippen LogP contribution in [-0.4, -0.2) is 9.78 Å². The molecule has 80 valence electrons. The van der Waals surface area contributed by atoms with Gasteiger partial charge >= 0.3 is 0 Å². The molecular weight excluding hydrogens is 190 g/mol. The zero-order valence-corrected chi connectivity index (χ0v) is 9.24. The Morgan fingerprint density at radius 1 is 1.40 bits per heavy atom. The van der Waals surface area contributed by atoms with Gasteiger partial charge in [-0.15, -0.1) is 0 Å². The SMILES string of the molecule is Cc1ccc(CNc2cnn(C)c2C)o1. The summed E-state index contributed by atoms with van der Waals surface area (Å²) in [5, 5.41) is 7.44. The lowest BCUT2D eigenvalue weighted by Gasteiger charge is -2.02. The molecule has 0 atom stereocenters. The quantitative estimate of drug-likeness (QED) is 0.835. The van der Waals surface area contributed by atoms with E-state index in [4.69, 9.17) is 4.42 Å². The zero-order valence-electron chi connectivity index (χ0n) is 9.24. The fourth-order valence-electron chi connectivity index (χ4n) is 1.43. The molecule has 0 aliphatic heterocycles. The smallest absolute Gasteiger partial charge is 0.123 e. The van der Waals surface area contributed by atoms with Crippen molar-refractivity contribution >= 4 is 5.69 Å². The molecule has 0 saturated carbocycles. The third kappa shape index (κ3) is 2.03. The van der Waals surface area contributed by atoms with Crippen LogP contribution < -0.4 is 5.32 Å². The highest BCUT2D eigenvalue weighted by Crippen LogP contribution is 2.14. The van der Waals surface area contributed by atoms with Crippen LogP contribution in [0, 0.1) is 13.8 Å². The lowest BCUT2D eigenvalue weighted by Crippen LogP contribution is -2.00. The molecule has 0 aromatic carbocycles. The Morgan fingerprint density at radius 2 is 2.20 bits per heavy atom. The maximum absolute atomic E-state index is 5.46. The number of hydrogen-bond donors (Lipinski definition) is 1. The van der Waals surface area contributed by atoms with E-state index in [-0.39, 0.29) is 0 Å². The molecule has 0 amide bonds. The Morgan fingerprint density at radius 3 is 2.73 bits per heavy atom. The molecule has 4 heteroatoms. The molecule has 0 saturated heterocycles. The average molecular weight is 205 g/mol. The summed E-state index contributed by atoms with van der Waals surface area (Å²) < 4.78 is 7.31. The van der Waals surface area contributed by atoms with E-state index in [1.165, 1.54) is 0 Å². The number of nitrogens with zero attached hydrogens (tertiary/aromatic N) is 2. The molecule has 2 rings (SSSR count). The van der Waals surface area contributed by atoms with Crippen molar-refractivity contribution in [3.8, 4) is 0 Å². The van der Waals surface area contributed by atoms with Crippen molar-refractivity contribution < 1.29 is 4.42 Å². The third-order valence-electron chi connectivity index (χ3n) is 2.48. The van der Waals surface area contributed by atoms with E-state index in [9.17, 15) is 0 Å². The molecule has 0 spiro atoms. The number of anilines is 1. The van der Waals surface area contributed by atoms with Gasteiger partial charge in [0.05, 0.1) is 24.1 Å². The van der Waals surface area contributed by atoms with E-state index in [0.717, 1.165) is 22.9 Å². The monoisotopic (exact) mass is 205 g/mol. The summed E-state index contributed by atoms with van der Waals surface area (Å²) in [5.41, 5.74) is 2.17. The molecule has 1 N–H and O–H groups in total. The van der Waals surface area contributed by atoms with Gasteiger partial charge in [0.25, 0.3) is 0 Å². The molecule has 15 heavy (non-hydrogen) atoms. The Balaban J connectivity index is 2.02. The number of nitrogens with one attached hydrogen (secondary N) is 1. The van der Waals surface area contributed by atoms with Gasteiger partial charge in [-0.05, 0) is 26.0 Å². The second-order valence-corrected chi connectivity index (χ2v) is 3.63. The van der Waals surface area contributed by atoms with Crippen LogP contribution in [0.3, 0.4) is 0 Å². The fourth-order valence-corrected chi connectivity index (χ4v) is 1.43. The van der Waals surface area contributed by atoms with Crippen molar-refractivity contribution in [2.45, 2.75) is 20.4 Å². The first-order chi connectivity index (χ1) is 7.16. The molecule has 0 aliphatic carbocycles. The number of rotatable bonds is 3. The summed E-state index contributed by atoms with van der Waals surface area (Å²) >= 11 is 0. The van der Waals surface area contributed by atoms with Crippen molar-refractivity contribution in [2.75, 3.05) is 5.32 Å². The summed E-state index contributed by atoms with van der Waals surface area (Å²) in [4.78, 5) is 0. The Labute approximate surface area is 88.9 Å². The molecule has 0 radical (unpaired) electrons. The van der Waals surface area contributed by atoms with E-state index in [1.807, 2.05) is 43.9 Å². The molecule has 0 aliphatic rings. The van der Waals surface area contributed by atoms with Gasteiger partial charge in [0.15, 0.2) is 0 Å². The maximum atomic E-state index is 5.46. The van der Waals surface area contributed by atoms with Gasteiger partial charge in [0.2, 0.25) is 0 Å². The standard InChI is InChI=1S/C11H15N3O/c1-8-4-5-10(15-8)6-12-11-7-13-14(3)9(11)2/h4-5,7,12H,6H2,1-3H3. The van der Waals surface area contributed by atoms with E-state index in [2.05, 4.69) is 10.4 Å². The number of hydrogen-bond acceptors (Lipinski definition) is 3. The van der Waals surface area contributed by atoms with E-state index < -0.39 is 0 Å². The van der Waals surface area contributed by atoms with Crippen molar-refractivity contribution in [1.29, 1.82) is 0 Å². The van der Waals surface area contributed by atoms with Crippen LogP contribution in [0.5, 0.6) is 0 Å². The van der Waals surface area contributed by atoms with Crippen LogP contribution in [0.25, 0.3) is 0 Å². The minimum atomic E-state index is 0.695. The topological polar surface area (TPSA) is 43.0 Å². The minimum absolute atomic E-state index is 0.695. The molecule has 0 unspecified atom stereocenters. The average Bonchev–Trinajstić information content (AvgIpc) is 2.74. The first kappa shape index (κ1) is 9.83. The summed E-state index contributed by atoms with van der Waals surface area (Å²) in [5.74, 6) is 1.88. The highest BCUT2D eigenvalue weighted by atomic mass is 16.3. The second kappa shape index (κ2) is 3.81. The lowest BCUT2D eigenvalue weighted by atomic mass is 10.3. The maximum Gasteiger partial charge on any atom is 0.123 e. The van der Waals surface area contributed by atoms with Gasteiger partial charge in [0, 0.05) is 7.05 Å². The Hall–Kier alpha value is -1.71. The largest absolute Gasteiger partial charge is 0.465 e. The summed E-state index contributed by atoms with van der Waals surface area (Å²) in [6, 6.07) is 3.95. The predicted octanol–water partition coefficient (Wildman–Crippen LogP) is 2.24. The van der Waals surface area contributed by atoms with Crippen LogP contribution in [-0.2, 0) is 13.6 Å². The van der Waals surface area contributed by atoms with Crippen molar-refractivity contribution in [2.24, 2.45) is 7.05 Å². The molecule has 4 nitrogen and oxygen atoms in total. The Bertz CT molecular complexity index is 456. The number of furan rings is 1. The van der Waals surface area contributed by atoms with Gasteiger partial charge in [-0.3, -0.25) is 4.68 Å². The van der Waals surface area contributed by atoms with Crippen LogP contribution in [0.4, 0.5) is 5.69 Å². The highest BCUT2D eigenvalue weighted by molar-refractivity contribution is 5.45. The summed E-state index contributed by atoms with van der Waals surface area (Å²) in [7, 11) is 1.93. The van der Waals surface area contributed by atoms with Gasteiger partial charge in [-0.1, -0.05) is 0 Å². The van der Waals surface area contributed by atoms with Crippen LogP contribution >= 0.6 is 0 Å². The number of aryl methyl sites for hydroxylation is 2. The van der Waals surface area contributed by atoms with E-state index in [1.54, 1.807) is 0 Å². The van der Waals surface area contributed by atoms with Crippen molar-refractivity contribution in [3.05, 3.63) is 35.5 Å². The van der Waals surface area contributed by atoms with Gasteiger partial charge in [-0.2, -0.15) is 5.10 Å². The van der Waals surface area contributed by atoms with Crippen molar-refractivity contribution in [1.82, 2.24) is 9.78 Å². The van der Waals surface area contributed by atoms with Gasteiger partial charge in [-0.25, -0.2) is 0 Å². The van der Waals surface area contributed by atoms with Crippen LogP contribution in [0.2, 0.25) is 0 Å². The molecule has 2 heterocycles. The van der Waals surface area contributed by atoms with Gasteiger partial charge < -0.3 is 9.73 Å². The number of aromatic nitrogens is 2. The first-order valence-electron chi connectivity index (χ1n) is 4.94. The molecule has 0 bridgehead atoms. The molecule has 0 fully saturated rings. The first-order valence-corrected chi connectivity index (χ1v) is 4.94. The predicted molar refractivity (Wildman–Crippen MR) is 58.7 cm³/mol. The van der Waals surface area contributed by atoms with E-state index in [0.29, 0.717) is 6.54 Å². The summed E-state index contributed by atoms with van der Waals surface area (Å²) in [6.45, 7) is 4.67. The third-order valence-corrected chi connectivity index (χ3v) is 2.48. The van der Waals surface area contributed by atoms with Crippen LogP contribution in [0.15, 0.2) is 22.7 Å². The van der Waals surface area contributed by atoms with Gasteiger partial charge in [0.1, 0.15) is 11.5 Å². The van der Waals surface area contributed by atoms with E-state index >= 15 is 0 Å². The fraction of sp³-hybridized carbons (Fsp3) is 0.364. The minimum Gasteiger partial charge on any atom is -0.465 e. The summed E-state index contributed by atoms with van der Waals surface area (Å²) in [6.07, 6.45) is 1.82. The normalized spacial score (nSPS) is 10.6. The van der Waals surface area contributed by atoms with Crippen LogP contribution in [0.1, 0.15) is 17.2 Å². The second-order valence-electron chi connectivity index (χ2n) is 3.63. The zero-order chi connectivity index (χ0) is 10.8. The molecular formula is C11H15N3O. The molecule has 2 aromatic heterocycles. The lowest BCUT2D eigenvalue weighted by molar-refractivity contribution is 0.490. The molecule has 2 aromatic rings. The highest BCUT2D eigenvalue weighted by Gasteiger charge is 2.04.